The fraction of sp³-hybridized carbons (Fsp3) is 0. The highest BCUT2D eigenvalue weighted by Gasteiger charge is 2.21. The summed E-state index contributed by atoms with van der Waals surface area (Å²) in [5, 5.41) is 7.04. The van der Waals surface area contributed by atoms with Crippen molar-refractivity contribution in [3.05, 3.63) is 308 Å². The van der Waals surface area contributed by atoms with E-state index in [-0.39, 0.29) is 0 Å². The van der Waals surface area contributed by atoms with E-state index in [2.05, 4.69) is 176 Å². The van der Waals surface area contributed by atoms with E-state index in [4.69, 9.17) is 34.9 Å². The van der Waals surface area contributed by atoms with Crippen LogP contribution in [0.5, 0.6) is 0 Å². The van der Waals surface area contributed by atoms with Crippen LogP contribution in [0, 0.1) is 0 Å². The topological polar surface area (TPSA) is 124 Å². The van der Waals surface area contributed by atoms with Crippen LogP contribution in [0.1, 0.15) is 0 Å². The van der Waals surface area contributed by atoms with Crippen molar-refractivity contribution < 1.29 is 0 Å². The van der Waals surface area contributed by atoms with Crippen molar-refractivity contribution in [1.29, 1.82) is 0 Å². The molecule has 12 aromatic carbocycles. The minimum Gasteiger partial charge on any atom is -0.353 e. The third kappa shape index (κ3) is 11.4. The molecule has 0 aliphatic heterocycles. The molecule has 0 spiro atoms. The van der Waals surface area contributed by atoms with Crippen LogP contribution in [-0.2, 0) is 0 Å². The number of rotatable bonds is 9. The summed E-state index contributed by atoms with van der Waals surface area (Å²) in [6.07, 6.45) is 0. The summed E-state index contributed by atoms with van der Waals surface area (Å²) in [5.41, 5.74) is 15.8. The molecule has 18 rings (SSSR count). The smallest absolute Gasteiger partial charge is 0.164 e. The summed E-state index contributed by atoms with van der Waals surface area (Å²) in [7, 11) is 0. The highest BCUT2D eigenvalue weighted by molar-refractivity contribution is 9.10. The van der Waals surface area contributed by atoms with Crippen LogP contribution in [-0.4, -0.2) is 49.4 Å². The summed E-state index contributed by atoms with van der Waals surface area (Å²) in [5.74, 6) is 3.92. The number of para-hydroxylation sites is 2. The van der Waals surface area contributed by atoms with Crippen LogP contribution < -0.4 is 0 Å². The van der Waals surface area contributed by atoms with Gasteiger partial charge in [-0.15, -0.1) is 22.7 Å². The molecule has 6 heterocycles. The molecule has 0 aliphatic carbocycles. The number of nitrogens with one attached hydrogen (secondary N) is 1. The zero-order chi connectivity index (χ0) is 62.0. The van der Waals surface area contributed by atoms with E-state index in [0.29, 0.717) is 34.9 Å². The van der Waals surface area contributed by atoms with Gasteiger partial charge in [0, 0.05) is 81.7 Å². The standard InChI is InChI=1S/C40H25N5S.C21H14BrN3.C19H12N2S/c1-4-13-26(14-5-1)37-42-38(27-15-6-2-7-16-27)44-39(43-37)29-19-12-20-30(25-29)45-34-22-11-10-21-31(34)32-23-24-33-36(35(32)45)46-40(41-33)28-17-8-3-9-18-28;22-18-13-7-12-17(14-18)21-24-19(15-8-3-1-4-9-15)23-20(25-21)16-10-5-2-6-11-16;1-2-6-12(7-3-1)19-21-16-11-10-14-13-8-4-5-9-15(13)20-17(14)18(16)22-19/h1-25H;1-14H;1-11,20H. The maximum absolute atomic E-state index is 5.06. The van der Waals surface area contributed by atoms with Gasteiger partial charge in [-0.1, -0.05) is 259 Å². The molecule has 0 radical (unpaired) electrons. The maximum Gasteiger partial charge on any atom is 0.164 e. The van der Waals surface area contributed by atoms with Crippen molar-refractivity contribution in [2.75, 3.05) is 0 Å². The molecular formula is C80H51BrN10S2. The molecule has 10 nitrogen and oxygen atoms in total. The lowest BCUT2D eigenvalue weighted by Gasteiger charge is -2.12. The first-order valence-corrected chi connectivity index (χ1v) is 32.8. The predicted molar refractivity (Wildman–Crippen MR) is 387 cm³/mol. The van der Waals surface area contributed by atoms with Gasteiger partial charge in [-0.2, -0.15) is 0 Å². The van der Waals surface area contributed by atoms with E-state index in [1.807, 2.05) is 158 Å². The maximum atomic E-state index is 5.06. The van der Waals surface area contributed by atoms with Crippen LogP contribution in [0.15, 0.2) is 308 Å². The molecule has 0 aliphatic rings. The second-order valence-electron chi connectivity index (χ2n) is 22.1. The third-order valence-electron chi connectivity index (χ3n) is 16.1. The first-order chi connectivity index (χ1) is 46.0. The number of aromatic amines is 1. The molecule has 0 bridgehead atoms. The average molecular weight is 1300 g/mol. The molecule has 18 aromatic rings. The normalized spacial score (nSPS) is 11.3. The summed E-state index contributed by atoms with van der Waals surface area (Å²) < 4.78 is 5.75. The van der Waals surface area contributed by atoms with Crippen molar-refractivity contribution in [3.8, 4) is 95.2 Å². The summed E-state index contributed by atoms with van der Waals surface area (Å²) in [6, 6.07) is 103. The van der Waals surface area contributed by atoms with E-state index in [1.165, 1.54) is 42.8 Å². The Morgan fingerprint density at radius 1 is 0.290 bits per heavy atom. The largest absolute Gasteiger partial charge is 0.353 e. The van der Waals surface area contributed by atoms with Gasteiger partial charge < -0.3 is 9.55 Å². The Hall–Kier alpha value is -11.5. The monoisotopic (exact) mass is 1290 g/mol. The Bertz CT molecular complexity index is 5590. The Morgan fingerprint density at radius 2 is 0.677 bits per heavy atom. The predicted octanol–water partition coefficient (Wildman–Crippen LogP) is 21.5. The number of hydrogen-bond acceptors (Lipinski definition) is 10. The molecule has 1 N–H and O–H groups in total. The van der Waals surface area contributed by atoms with E-state index in [1.54, 1.807) is 22.7 Å². The number of halogens is 1. The second-order valence-corrected chi connectivity index (χ2v) is 25.0. The highest BCUT2D eigenvalue weighted by atomic mass is 79.9. The molecule has 0 atom stereocenters. The Morgan fingerprint density at radius 3 is 1.18 bits per heavy atom. The van der Waals surface area contributed by atoms with Crippen molar-refractivity contribution >= 4 is 103 Å². The number of nitrogens with zero attached hydrogens (tertiary/aromatic N) is 9. The van der Waals surface area contributed by atoms with Gasteiger partial charge in [0.1, 0.15) is 10.0 Å². The Kier molecular flexibility index (Phi) is 15.3. The summed E-state index contributed by atoms with van der Waals surface area (Å²) in [6.45, 7) is 0. The molecule has 6 aromatic heterocycles. The molecule has 93 heavy (non-hydrogen) atoms. The number of fused-ring (bicyclic) bond motifs is 10. The van der Waals surface area contributed by atoms with Crippen molar-refractivity contribution in [1.82, 2.24) is 49.4 Å². The average Bonchev–Trinajstić information content (AvgIpc) is 1.59. The molecule has 0 fully saturated rings. The molecule has 0 amide bonds. The van der Waals surface area contributed by atoms with Gasteiger partial charge in [-0.05, 0) is 60.7 Å². The van der Waals surface area contributed by atoms with E-state index in [0.717, 1.165) is 85.9 Å². The molecule has 13 heteroatoms. The third-order valence-corrected chi connectivity index (χ3v) is 18.9. The van der Waals surface area contributed by atoms with Gasteiger partial charge in [0.25, 0.3) is 0 Å². The summed E-state index contributed by atoms with van der Waals surface area (Å²) in [4.78, 5) is 42.4. The lowest BCUT2D eigenvalue weighted by molar-refractivity contribution is 1.07. The lowest BCUT2D eigenvalue weighted by Crippen LogP contribution is -2.01. The zero-order valence-corrected chi connectivity index (χ0v) is 52.8. The molecule has 440 valence electrons. The number of thiazole rings is 2. The van der Waals surface area contributed by atoms with Gasteiger partial charge in [-0.3, -0.25) is 0 Å². The number of aromatic nitrogens is 10. The van der Waals surface area contributed by atoms with Gasteiger partial charge in [0.15, 0.2) is 34.9 Å². The highest BCUT2D eigenvalue weighted by Crippen LogP contribution is 2.42. The van der Waals surface area contributed by atoms with E-state index in [9.17, 15) is 0 Å². The molecule has 0 saturated heterocycles. The van der Waals surface area contributed by atoms with Crippen molar-refractivity contribution in [3.63, 3.8) is 0 Å². The number of hydrogen-bond donors (Lipinski definition) is 1. The first-order valence-electron chi connectivity index (χ1n) is 30.3. The molecule has 0 unspecified atom stereocenters. The van der Waals surface area contributed by atoms with Crippen LogP contribution in [0.4, 0.5) is 0 Å². The minimum absolute atomic E-state index is 0.629. The van der Waals surface area contributed by atoms with E-state index >= 15 is 0 Å². The Labute approximate surface area is 551 Å². The van der Waals surface area contributed by atoms with Gasteiger partial charge >= 0.3 is 0 Å². The SMILES string of the molecule is Brc1cccc(-c2nc(-c3ccccc3)nc(-c3ccccc3)n2)c1.c1ccc(-c2nc(-c3ccccc3)nc(-c3cccc(-n4c5ccccc5c5ccc6nc(-c7ccccc7)sc6c54)c3)n2)cc1.c1ccc(-c2nc3ccc4c5ccccc5[nH]c4c3s2)cc1. The van der Waals surface area contributed by atoms with Crippen LogP contribution in [0.2, 0.25) is 0 Å². The lowest BCUT2D eigenvalue weighted by atomic mass is 10.1. The van der Waals surface area contributed by atoms with Crippen LogP contribution in [0.3, 0.4) is 0 Å². The minimum atomic E-state index is 0.629. The van der Waals surface area contributed by atoms with Crippen molar-refractivity contribution in [2.45, 2.75) is 0 Å². The zero-order valence-electron chi connectivity index (χ0n) is 49.6. The van der Waals surface area contributed by atoms with Gasteiger partial charge in [0.05, 0.1) is 37.0 Å². The number of benzene rings is 12. The fourth-order valence-corrected chi connectivity index (χ4v) is 14.3. The Balaban J connectivity index is 0.000000122. The number of H-pyrrole nitrogens is 1. The quantitative estimate of drug-likeness (QED) is 0.152. The van der Waals surface area contributed by atoms with Crippen LogP contribution in [0.25, 0.3) is 159 Å². The molecule has 0 saturated carbocycles. The first kappa shape index (κ1) is 56.7. The fourth-order valence-electron chi connectivity index (χ4n) is 11.7. The van der Waals surface area contributed by atoms with Gasteiger partial charge in [0.2, 0.25) is 0 Å². The van der Waals surface area contributed by atoms with E-state index < -0.39 is 0 Å². The van der Waals surface area contributed by atoms with Crippen LogP contribution >= 0.6 is 38.6 Å². The van der Waals surface area contributed by atoms with Crippen molar-refractivity contribution in [2.24, 2.45) is 0 Å². The summed E-state index contributed by atoms with van der Waals surface area (Å²) >= 11 is 7.01. The van der Waals surface area contributed by atoms with Gasteiger partial charge in [-0.25, -0.2) is 39.9 Å². The second kappa shape index (κ2) is 25.1. The molecular weight excluding hydrogens is 1240 g/mol.